The Balaban J connectivity index is 1.37. The molecule has 2 bridgehead atoms. The van der Waals surface area contributed by atoms with E-state index in [1.165, 1.54) is 0 Å². The van der Waals surface area contributed by atoms with Gasteiger partial charge in [-0.05, 0) is 62.1 Å². The van der Waals surface area contributed by atoms with E-state index in [-0.39, 0.29) is 23.8 Å². The van der Waals surface area contributed by atoms with Crippen molar-refractivity contribution in [3.05, 3.63) is 77.5 Å². The van der Waals surface area contributed by atoms with Gasteiger partial charge in [0.15, 0.2) is 0 Å². The lowest BCUT2D eigenvalue weighted by Crippen LogP contribution is -2.38. The van der Waals surface area contributed by atoms with Crippen molar-refractivity contribution in [2.75, 3.05) is 11.9 Å². The van der Waals surface area contributed by atoms with Crippen LogP contribution >= 0.6 is 11.6 Å². The van der Waals surface area contributed by atoms with Gasteiger partial charge in [0.1, 0.15) is 0 Å². The monoisotopic (exact) mass is 570 g/mol. The van der Waals surface area contributed by atoms with E-state index in [1.54, 1.807) is 41.6 Å². The molecule has 4 aromatic rings. The van der Waals surface area contributed by atoms with Crippen LogP contribution in [-0.4, -0.2) is 53.0 Å². The Labute approximate surface area is 243 Å². The number of nitrogens with zero attached hydrogens (tertiary/aromatic N) is 7. The number of fused-ring (bicyclic) bond motifs is 4. The van der Waals surface area contributed by atoms with E-state index >= 15 is 0 Å². The van der Waals surface area contributed by atoms with Crippen LogP contribution in [0.1, 0.15) is 56.8 Å². The third-order valence-electron chi connectivity index (χ3n) is 7.91. The second kappa shape index (κ2) is 11.3. The first-order valence-electron chi connectivity index (χ1n) is 13.9. The summed E-state index contributed by atoms with van der Waals surface area (Å²) < 4.78 is 3.55. The average Bonchev–Trinajstić information content (AvgIpc) is 3.65. The van der Waals surface area contributed by atoms with Crippen molar-refractivity contribution >= 4 is 34.7 Å². The van der Waals surface area contributed by atoms with E-state index in [1.807, 2.05) is 47.7 Å². The molecule has 41 heavy (non-hydrogen) atoms. The lowest BCUT2D eigenvalue weighted by Gasteiger charge is -2.34. The highest BCUT2D eigenvalue weighted by molar-refractivity contribution is 6.30. The number of aromatic nitrogens is 6. The number of benzene rings is 1. The quantitative estimate of drug-likeness (QED) is 0.356. The summed E-state index contributed by atoms with van der Waals surface area (Å²) in [7, 11) is 0. The van der Waals surface area contributed by atoms with Gasteiger partial charge in [-0.25, -0.2) is 4.68 Å². The number of pyridine rings is 1. The lowest BCUT2D eigenvalue weighted by atomic mass is 9.93. The van der Waals surface area contributed by atoms with Gasteiger partial charge < -0.3 is 10.2 Å². The van der Waals surface area contributed by atoms with Gasteiger partial charge in [0.05, 0.1) is 47.4 Å². The summed E-state index contributed by atoms with van der Waals surface area (Å²) >= 11 is 6.37. The second-order valence-corrected chi connectivity index (χ2v) is 10.9. The predicted molar refractivity (Wildman–Crippen MR) is 156 cm³/mol. The van der Waals surface area contributed by atoms with Crippen molar-refractivity contribution in [2.24, 2.45) is 5.92 Å². The van der Waals surface area contributed by atoms with Crippen LogP contribution in [-0.2, 0) is 16.1 Å². The maximum Gasteiger partial charge on any atom is 0.247 e. The summed E-state index contributed by atoms with van der Waals surface area (Å²) in [6, 6.07) is 9.29. The molecular formula is C30H31ClN8O2. The van der Waals surface area contributed by atoms with Gasteiger partial charge in [-0.2, -0.15) is 5.10 Å². The van der Waals surface area contributed by atoms with Gasteiger partial charge in [0.25, 0.3) is 0 Å². The number of rotatable bonds is 4. The summed E-state index contributed by atoms with van der Waals surface area (Å²) in [5.74, 6) is -0.287. The van der Waals surface area contributed by atoms with Gasteiger partial charge in [0, 0.05) is 47.4 Å². The number of aryl methyl sites for hydroxylation is 1. The SMILES string of the molecule is CCn1ncc2c1-c1ccnc(c1)C(N1CCC(c3cc(Cl)ccc3-n3ccnn3)=CC1=O)CCCC(C)C(=O)N2. The summed E-state index contributed by atoms with van der Waals surface area (Å²) in [6.07, 6.45) is 11.4. The predicted octanol–water partition coefficient (Wildman–Crippen LogP) is 5.31. The van der Waals surface area contributed by atoms with Crippen molar-refractivity contribution in [2.45, 2.75) is 52.1 Å². The largest absolute Gasteiger partial charge is 0.330 e. The maximum absolute atomic E-state index is 13.8. The number of anilines is 1. The third-order valence-corrected chi connectivity index (χ3v) is 8.14. The molecule has 2 atom stereocenters. The Morgan fingerprint density at radius 2 is 2.00 bits per heavy atom. The van der Waals surface area contributed by atoms with Crippen molar-refractivity contribution in [1.29, 1.82) is 0 Å². The molecule has 2 aliphatic heterocycles. The Morgan fingerprint density at radius 3 is 2.78 bits per heavy atom. The third kappa shape index (κ3) is 5.27. The molecule has 3 aromatic heterocycles. The second-order valence-electron chi connectivity index (χ2n) is 10.5. The molecule has 2 aliphatic rings. The van der Waals surface area contributed by atoms with Crippen molar-refractivity contribution < 1.29 is 9.59 Å². The maximum atomic E-state index is 13.8. The zero-order chi connectivity index (χ0) is 28.5. The Morgan fingerprint density at radius 1 is 1.12 bits per heavy atom. The molecule has 210 valence electrons. The summed E-state index contributed by atoms with van der Waals surface area (Å²) in [5, 5.41) is 16.2. The summed E-state index contributed by atoms with van der Waals surface area (Å²) in [5.41, 5.74) is 5.82. The molecule has 0 radical (unpaired) electrons. The number of halogens is 1. The van der Waals surface area contributed by atoms with E-state index in [4.69, 9.17) is 16.6 Å². The smallest absolute Gasteiger partial charge is 0.247 e. The molecule has 0 aliphatic carbocycles. The molecule has 1 aromatic carbocycles. The van der Waals surface area contributed by atoms with Crippen LogP contribution in [0.4, 0.5) is 5.69 Å². The molecule has 2 unspecified atom stereocenters. The zero-order valence-electron chi connectivity index (χ0n) is 23.0. The highest BCUT2D eigenvalue weighted by atomic mass is 35.5. The van der Waals surface area contributed by atoms with Crippen LogP contribution < -0.4 is 5.32 Å². The molecule has 10 nitrogen and oxygen atoms in total. The lowest BCUT2D eigenvalue weighted by molar-refractivity contribution is -0.129. The van der Waals surface area contributed by atoms with Crippen LogP contribution in [0.25, 0.3) is 22.5 Å². The highest BCUT2D eigenvalue weighted by Gasteiger charge is 2.31. The standard InChI is InChI=1S/C30H31ClN8O2/c1-3-38-29-21-9-11-32-24(15-21)27(6-4-5-19(2)30(41)35-25(29)18-34-38)37-13-10-20(16-28(37)40)23-17-22(31)7-8-26(23)39-14-12-33-36-39/h7-9,11-12,14-19,27H,3-6,10,13H2,1-2H3,(H,35,41). The number of carbonyl (C=O) groups is 2. The van der Waals surface area contributed by atoms with E-state index in [0.717, 1.165) is 40.2 Å². The highest BCUT2D eigenvalue weighted by Crippen LogP contribution is 2.37. The first kappa shape index (κ1) is 26.9. The van der Waals surface area contributed by atoms with E-state index in [9.17, 15) is 9.59 Å². The number of amides is 2. The van der Waals surface area contributed by atoms with E-state index in [0.29, 0.717) is 43.1 Å². The minimum absolute atomic E-state index is 0.0281. The molecule has 0 spiro atoms. The Kier molecular flexibility index (Phi) is 7.40. The molecule has 0 fully saturated rings. The zero-order valence-corrected chi connectivity index (χ0v) is 23.8. The Hall–Kier alpha value is -4.31. The fourth-order valence-electron chi connectivity index (χ4n) is 5.75. The van der Waals surface area contributed by atoms with Crippen LogP contribution in [0.2, 0.25) is 5.02 Å². The van der Waals surface area contributed by atoms with Crippen LogP contribution in [0, 0.1) is 5.92 Å². The minimum Gasteiger partial charge on any atom is -0.330 e. The topological polar surface area (TPSA) is 111 Å². The fourth-order valence-corrected chi connectivity index (χ4v) is 5.92. The molecule has 5 heterocycles. The molecule has 0 saturated heterocycles. The van der Waals surface area contributed by atoms with Crippen LogP contribution in [0.3, 0.4) is 0 Å². The van der Waals surface area contributed by atoms with Crippen LogP contribution in [0.5, 0.6) is 0 Å². The normalized spacial score (nSPS) is 19.6. The van der Waals surface area contributed by atoms with Crippen LogP contribution in [0.15, 0.2) is 61.2 Å². The van der Waals surface area contributed by atoms with E-state index in [2.05, 4.69) is 20.7 Å². The molecule has 2 amide bonds. The molecular weight excluding hydrogens is 540 g/mol. The Bertz CT molecular complexity index is 1630. The van der Waals surface area contributed by atoms with E-state index < -0.39 is 0 Å². The summed E-state index contributed by atoms with van der Waals surface area (Å²) in [6.45, 7) is 5.14. The average molecular weight is 571 g/mol. The number of hydrogen-bond acceptors (Lipinski definition) is 6. The number of hydrogen-bond donors (Lipinski definition) is 1. The molecule has 0 saturated carbocycles. The first-order valence-corrected chi connectivity index (χ1v) is 14.3. The van der Waals surface area contributed by atoms with Crippen molar-refractivity contribution in [3.63, 3.8) is 0 Å². The van der Waals surface area contributed by atoms with Crippen molar-refractivity contribution in [3.8, 4) is 16.9 Å². The van der Waals surface area contributed by atoms with Gasteiger partial charge in [-0.1, -0.05) is 30.2 Å². The molecule has 11 heteroatoms. The first-order chi connectivity index (χ1) is 19.9. The fraction of sp³-hybridized carbons (Fsp3) is 0.333. The van der Waals surface area contributed by atoms with Gasteiger partial charge in [0.2, 0.25) is 11.8 Å². The van der Waals surface area contributed by atoms with Crippen molar-refractivity contribution in [1.82, 2.24) is 34.7 Å². The number of carbonyl (C=O) groups excluding carboxylic acids is 2. The minimum atomic E-state index is -0.231. The van der Waals surface area contributed by atoms with Gasteiger partial charge in [-0.3, -0.25) is 19.3 Å². The molecule has 6 rings (SSSR count). The summed E-state index contributed by atoms with van der Waals surface area (Å²) in [4.78, 5) is 33.4. The molecule has 1 N–H and O–H groups in total. The van der Waals surface area contributed by atoms with Gasteiger partial charge >= 0.3 is 0 Å². The number of nitrogens with one attached hydrogen (secondary N) is 1. The van der Waals surface area contributed by atoms with Gasteiger partial charge in [-0.15, -0.1) is 5.10 Å².